The molecule has 0 aliphatic carbocycles. The summed E-state index contributed by atoms with van der Waals surface area (Å²) in [5.41, 5.74) is 4.59. The summed E-state index contributed by atoms with van der Waals surface area (Å²) in [6.07, 6.45) is -1.67. The highest BCUT2D eigenvalue weighted by Gasteiger charge is 2.58. The second kappa shape index (κ2) is 11.3. The number of hydroxylamine groups is 2. The number of β-lactam (4-membered cyclic amide) rings is 1. The number of carboxylic acid groups (broad SMARTS) is 1. The number of nitrogens with two attached hydrogens (primary N) is 1. The summed E-state index contributed by atoms with van der Waals surface area (Å²) in [5.74, 6) is -3.19. The molecule has 18 heteroatoms. The topological polar surface area (TPSA) is 244 Å². The van der Waals surface area contributed by atoms with Crippen molar-refractivity contribution in [3.8, 4) is 5.75 Å². The summed E-state index contributed by atoms with van der Waals surface area (Å²) in [7, 11) is -5.01. The third-order valence-electron chi connectivity index (χ3n) is 5.34. The Labute approximate surface area is 225 Å². The van der Waals surface area contributed by atoms with E-state index in [2.05, 4.69) is 19.7 Å². The van der Waals surface area contributed by atoms with Gasteiger partial charge in [0.1, 0.15) is 24.1 Å². The molecular formula is C21H24N6O10S2. The molecule has 2 amide bonds. The predicted molar refractivity (Wildman–Crippen MR) is 136 cm³/mol. The number of nitrogens with zero attached hydrogens (tertiary/aromatic N) is 3. The minimum absolute atomic E-state index is 0.0556. The predicted octanol–water partition coefficient (Wildman–Crippen LogP) is 0.206. The number of hydrogen-bond acceptors (Lipinski definition) is 13. The Morgan fingerprint density at radius 1 is 1.33 bits per heavy atom. The van der Waals surface area contributed by atoms with Gasteiger partial charge in [-0.15, -0.1) is 15.6 Å². The maximum atomic E-state index is 13.1. The molecule has 3 rings (SSSR count). The number of thiazole rings is 1. The molecule has 1 saturated heterocycles. The molecule has 6 N–H and O–H groups in total. The van der Waals surface area contributed by atoms with Gasteiger partial charge in [0.2, 0.25) is 0 Å². The second-order valence-corrected chi connectivity index (χ2v) is 10.5. The number of carboxylic acids is 1. The van der Waals surface area contributed by atoms with E-state index in [1.54, 1.807) is 31.2 Å². The minimum Gasteiger partial charge on any atom is -0.489 e. The molecule has 1 fully saturated rings. The van der Waals surface area contributed by atoms with E-state index in [-0.39, 0.29) is 10.8 Å². The van der Waals surface area contributed by atoms with Crippen LogP contribution in [-0.4, -0.2) is 81.6 Å². The highest BCUT2D eigenvalue weighted by atomic mass is 32.3. The van der Waals surface area contributed by atoms with Gasteiger partial charge in [-0.2, -0.15) is 13.5 Å². The quantitative estimate of drug-likeness (QED) is 0.0972. The van der Waals surface area contributed by atoms with E-state index in [9.17, 15) is 27.9 Å². The van der Waals surface area contributed by atoms with Crippen molar-refractivity contribution >= 4 is 56.1 Å². The number of aromatic nitrogens is 1. The number of aliphatic carboxylic acids is 1. The monoisotopic (exact) mass is 584 g/mol. The molecule has 1 aliphatic heterocycles. The molecule has 0 unspecified atom stereocenters. The molecule has 210 valence electrons. The fourth-order valence-corrected chi connectivity index (χ4v) is 4.26. The Balaban J connectivity index is 1.76. The SMILES string of the molecule is CC(=N)c1ccc(OC[C@H](O/N=C(\C(=O)N[C@@H]2C(=O)N(OS(=O)(=O)O)C2(C)C)c2csc(N)n2)C(=O)O)cc1. The van der Waals surface area contributed by atoms with Gasteiger partial charge in [0.15, 0.2) is 10.8 Å². The zero-order valence-electron chi connectivity index (χ0n) is 20.6. The van der Waals surface area contributed by atoms with Crippen LogP contribution in [0.5, 0.6) is 5.75 Å². The summed E-state index contributed by atoms with van der Waals surface area (Å²) in [6, 6.07) is 5.00. The van der Waals surface area contributed by atoms with Gasteiger partial charge in [0.25, 0.3) is 17.9 Å². The van der Waals surface area contributed by atoms with Gasteiger partial charge >= 0.3 is 16.4 Å². The van der Waals surface area contributed by atoms with Crippen molar-refractivity contribution < 1.29 is 46.3 Å². The number of nitrogen functional groups attached to an aromatic ring is 1. The number of oxime groups is 1. The number of anilines is 1. The zero-order chi connectivity index (χ0) is 29.1. The molecule has 1 aliphatic rings. The Hall–Kier alpha value is -4.13. The van der Waals surface area contributed by atoms with Crippen LogP contribution >= 0.6 is 11.3 Å². The van der Waals surface area contributed by atoms with Crippen LogP contribution in [0.15, 0.2) is 34.8 Å². The van der Waals surface area contributed by atoms with Gasteiger partial charge in [0, 0.05) is 11.1 Å². The van der Waals surface area contributed by atoms with E-state index >= 15 is 0 Å². The Morgan fingerprint density at radius 3 is 2.46 bits per heavy atom. The maximum absolute atomic E-state index is 13.1. The molecule has 2 heterocycles. The van der Waals surface area contributed by atoms with Crippen LogP contribution in [0.4, 0.5) is 5.13 Å². The lowest BCUT2D eigenvalue weighted by molar-refractivity contribution is -0.218. The third-order valence-corrected chi connectivity index (χ3v) is 6.35. The van der Waals surface area contributed by atoms with Crippen molar-refractivity contribution in [1.29, 1.82) is 5.41 Å². The second-order valence-electron chi connectivity index (χ2n) is 8.60. The lowest BCUT2D eigenvalue weighted by Crippen LogP contribution is -2.76. The van der Waals surface area contributed by atoms with Crippen molar-refractivity contribution in [3.05, 3.63) is 40.9 Å². The van der Waals surface area contributed by atoms with Crippen LogP contribution in [-0.2, 0) is 33.9 Å². The molecular weight excluding hydrogens is 560 g/mol. The van der Waals surface area contributed by atoms with Crippen molar-refractivity contribution in [3.63, 3.8) is 0 Å². The summed E-state index contributed by atoms with van der Waals surface area (Å²) >= 11 is 0.952. The molecule has 1 aromatic carbocycles. The standard InChI is InChI=1S/C21H24N6O10S2/c1-10(22)11-4-6-12(7-5-11)35-8-14(19(30)31)36-26-15(13-9-38-20(23)24-13)17(28)25-16-18(29)27(21(16,2)3)37-39(32,33)34/h4-7,9,14,16,22H,8H2,1-3H3,(H2,23,24)(H,25,28)(H,30,31)(H,32,33,34)/b22-10?,26-15-/t14-,16+/m0/s1. The molecule has 39 heavy (non-hydrogen) atoms. The average Bonchev–Trinajstić information content (AvgIpc) is 3.28. The number of amides is 2. The molecule has 16 nitrogen and oxygen atoms in total. The normalized spacial score (nSPS) is 17.6. The van der Waals surface area contributed by atoms with Gasteiger partial charge in [-0.3, -0.25) is 14.1 Å². The molecule has 0 radical (unpaired) electrons. The van der Waals surface area contributed by atoms with E-state index in [0.717, 1.165) is 11.3 Å². The van der Waals surface area contributed by atoms with E-state index in [4.69, 9.17) is 25.3 Å². The Bertz CT molecular complexity index is 1420. The average molecular weight is 585 g/mol. The van der Waals surface area contributed by atoms with E-state index in [0.29, 0.717) is 22.1 Å². The van der Waals surface area contributed by atoms with Gasteiger partial charge in [0.05, 0.1) is 5.54 Å². The molecule has 0 saturated carbocycles. The number of carbonyl (C=O) groups excluding carboxylic acids is 2. The number of nitrogens with one attached hydrogen (secondary N) is 2. The van der Waals surface area contributed by atoms with E-state index in [1.165, 1.54) is 19.2 Å². The molecule has 2 aromatic rings. The van der Waals surface area contributed by atoms with Crippen molar-refractivity contribution in [2.24, 2.45) is 5.16 Å². The first-order valence-electron chi connectivity index (χ1n) is 10.9. The molecule has 2 atom stereocenters. The summed E-state index contributed by atoms with van der Waals surface area (Å²) in [5, 5.41) is 24.9. The Morgan fingerprint density at radius 2 is 1.97 bits per heavy atom. The molecule has 1 aromatic heterocycles. The highest BCUT2D eigenvalue weighted by Crippen LogP contribution is 2.33. The first kappa shape index (κ1) is 29.4. The fraction of sp³-hybridized carbons (Fsp3) is 0.333. The minimum atomic E-state index is -5.01. The highest BCUT2D eigenvalue weighted by molar-refractivity contribution is 7.80. The first-order chi connectivity index (χ1) is 18.1. The van der Waals surface area contributed by atoms with Crippen LogP contribution < -0.4 is 15.8 Å². The smallest absolute Gasteiger partial charge is 0.418 e. The van der Waals surface area contributed by atoms with Crippen molar-refractivity contribution in [2.45, 2.75) is 38.5 Å². The molecule has 0 bridgehead atoms. The van der Waals surface area contributed by atoms with E-state index < -0.39 is 58.2 Å². The first-order valence-corrected chi connectivity index (χ1v) is 13.1. The fourth-order valence-electron chi connectivity index (χ4n) is 3.26. The number of hydrogen-bond donors (Lipinski definition) is 5. The van der Waals surface area contributed by atoms with Gasteiger partial charge in [-0.05, 0) is 50.6 Å². The van der Waals surface area contributed by atoms with E-state index in [1.807, 2.05) is 0 Å². The lowest BCUT2D eigenvalue weighted by atomic mass is 9.84. The van der Waals surface area contributed by atoms with Gasteiger partial charge in [-0.1, -0.05) is 5.16 Å². The number of rotatable bonds is 12. The van der Waals surface area contributed by atoms with Crippen molar-refractivity contribution in [2.75, 3.05) is 12.3 Å². The summed E-state index contributed by atoms with van der Waals surface area (Å²) < 4.78 is 40.6. The largest absolute Gasteiger partial charge is 0.489 e. The van der Waals surface area contributed by atoms with Crippen LogP contribution in [0.1, 0.15) is 32.0 Å². The van der Waals surface area contributed by atoms with Crippen LogP contribution in [0.25, 0.3) is 0 Å². The maximum Gasteiger partial charge on any atom is 0.418 e. The lowest BCUT2D eigenvalue weighted by Gasteiger charge is -2.50. The van der Waals surface area contributed by atoms with Gasteiger partial charge in [-0.25, -0.2) is 9.78 Å². The van der Waals surface area contributed by atoms with Crippen LogP contribution in [0.2, 0.25) is 0 Å². The van der Waals surface area contributed by atoms with Gasteiger partial charge < -0.3 is 31.1 Å². The Kier molecular flexibility index (Phi) is 8.54. The number of carbonyl (C=O) groups is 3. The number of benzene rings is 1. The zero-order valence-corrected chi connectivity index (χ0v) is 22.3. The van der Waals surface area contributed by atoms with Crippen LogP contribution in [0.3, 0.4) is 0 Å². The number of ether oxygens (including phenoxy) is 1. The molecule has 0 spiro atoms. The summed E-state index contributed by atoms with van der Waals surface area (Å²) in [4.78, 5) is 46.2. The third kappa shape index (κ3) is 7.05. The summed E-state index contributed by atoms with van der Waals surface area (Å²) in [6.45, 7) is 3.81. The van der Waals surface area contributed by atoms with Crippen molar-refractivity contribution in [1.82, 2.24) is 15.4 Å². The van der Waals surface area contributed by atoms with Crippen LogP contribution in [0, 0.1) is 5.41 Å².